The molecule has 1 aromatic carbocycles. The maximum Gasteiger partial charge on any atom is 0.174 e. The van der Waals surface area contributed by atoms with E-state index in [1.165, 1.54) is 0 Å². The molecule has 15 heavy (non-hydrogen) atoms. The molecular formula is C13H17NO. The summed E-state index contributed by atoms with van der Waals surface area (Å²) in [5.41, 5.74) is 2.27. The molecule has 0 amide bonds. The average molecular weight is 203 g/mol. The first-order valence-corrected chi connectivity index (χ1v) is 5.06. The second-order valence-corrected chi connectivity index (χ2v) is 4.65. The highest BCUT2D eigenvalue weighted by Crippen LogP contribution is 2.33. The number of aryl methyl sites for hydroxylation is 1. The minimum absolute atomic E-state index is 0.0385. The molecule has 0 aliphatic rings. The predicted octanol–water partition coefficient (Wildman–Crippen LogP) is 3.19. The van der Waals surface area contributed by atoms with Crippen LogP contribution in [-0.2, 0) is 5.41 Å². The van der Waals surface area contributed by atoms with E-state index in [4.69, 9.17) is 10.00 Å². The Morgan fingerprint density at radius 2 is 2.00 bits per heavy atom. The first-order chi connectivity index (χ1) is 6.96. The smallest absolute Gasteiger partial charge is 0.174 e. The average Bonchev–Trinajstić information content (AvgIpc) is 2.14. The quantitative estimate of drug-likeness (QED) is 0.739. The minimum Gasteiger partial charge on any atom is -0.478 e. The largest absolute Gasteiger partial charge is 0.478 e. The molecule has 0 unspecified atom stereocenters. The van der Waals surface area contributed by atoms with E-state index < -0.39 is 0 Å². The van der Waals surface area contributed by atoms with Gasteiger partial charge in [0.15, 0.2) is 6.61 Å². The highest BCUT2D eigenvalue weighted by atomic mass is 16.5. The minimum atomic E-state index is 0.0385. The lowest BCUT2D eigenvalue weighted by Gasteiger charge is -2.23. The third-order valence-corrected chi connectivity index (χ3v) is 2.30. The van der Waals surface area contributed by atoms with Crippen LogP contribution in [0.5, 0.6) is 5.75 Å². The van der Waals surface area contributed by atoms with E-state index in [1.54, 1.807) is 0 Å². The Labute approximate surface area is 91.5 Å². The lowest BCUT2D eigenvalue weighted by molar-refractivity contribution is 0.353. The van der Waals surface area contributed by atoms with Crippen LogP contribution in [0.2, 0.25) is 0 Å². The fraction of sp³-hybridized carbons (Fsp3) is 0.462. The molecule has 0 fully saturated rings. The monoisotopic (exact) mass is 203 g/mol. The number of hydrogen-bond acceptors (Lipinski definition) is 2. The lowest BCUT2D eigenvalue weighted by Crippen LogP contribution is -2.14. The van der Waals surface area contributed by atoms with E-state index in [9.17, 15) is 0 Å². The van der Waals surface area contributed by atoms with Gasteiger partial charge >= 0.3 is 0 Å². The van der Waals surface area contributed by atoms with Gasteiger partial charge in [0.1, 0.15) is 11.8 Å². The fourth-order valence-corrected chi connectivity index (χ4v) is 1.54. The van der Waals surface area contributed by atoms with Gasteiger partial charge < -0.3 is 4.74 Å². The second-order valence-electron chi connectivity index (χ2n) is 4.65. The Bertz CT molecular complexity index is 383. The summed E-state index contributed by atoms with van der Waals surface area (Å²) in [6.45, 7) is 8.53. The van der Waals surface area contributed by atoms with Crippen LogP contribution in [0.1, 0.15) is 31.9 Å². The van der Waals surface area contributed by atoms with Gasteiger partial charge in [-0.2, -0.15) is 5.26 Å². The van der Waals surface area contributed by atoms with Gasteiger partial charge in [-0.1, -0.05) is 39.0 Å². The van der Waals surface area contributed by atoms with Crippen LogP contribution in [-0.4, -0.2) is 6.61 Å². The summed E-state index contributed by atoms with van der Waals surface area (Å²) in [6.07, 6.45) is 0. The van der Waals surface area contributed by atoms with Crippen LogP contribution >= 0.6 is 0 Å². The third-order valence-electron chi connectivity index (χ3n) is 2.30. The van der Waals surface area contributed by atoms with Gasteiger partial charge in [0.25, 0.3) is 0 Å². The van der Waals surface area contributed by atoms with Crippen molar-refractivity contribution >= 4 is 0 Å². The third kappa shape index (κ3) is 2.73. The van der Waals surface area contributed by atoms with E-state index in [0.29, 0.717) is 0 Å². The number of nitriles is 1. The van der Waals surface area contributed by atoms with Gasteiger partial charge in [0, 0.05) is 0 Å². The van der Waals surface area contributed by atoms with Crippen molar-refractivity contribution in [3.05, 3.63) is 29.3 Å². The van der Waals surface area contributed by atoms with Gasteiger partial charge in [-0.05, 0) is 23.5 Å². The Balaban J connectivity index is 3.16. The summed E-state index contributed by atoms with van der Waals surface area (Å²) in [7, 11) is 0. The topological polar surface area (TPSA) is 33.0 Å². The number of rotatable bonds is 2. The molecule has 80 valence electrons. The van der Waals surface area contributed by atoms with E-state index in [-0.39, 0.29) is 12.0 Å². The van der Waals surface area contributed by atoms with E-state index >= 15 is 0 Å². The van der Waals surface area contributed by atoms with Gasteiger partial charge in [-0.15, -0.1) is 0 Å². The van der Waals surface area contributed by atoms with Gasteiger partial charge in [-0.3, -0.25) is 0 Å². The van der Waals surface area contributed by atoms with Crippen LogP contribution in [0.15, 0.2) is 18.2 Å². The zero-order valence-corrected chi connectivity index (χ0v) is 9.79. The molecule has 1 aromatic rings. The molecule has 0 radical (unpaired) electrons. The molecule has 0 saturated carbocycles. The molecule has 0 bridgehead atoms. The fourth-order valence-electron chi connectivity index (χ4n) is 1.54. The zero-order chi connectivity index (χ0) is 11.5. The van der Waals surface area contributed by atoms with Crippen molar-refractivity contribution in [3.8, 4) is 11.8 Å². The first-order valence-electron chi connectivity index (χ1n) is 5.06. The van der Waals surface area contributed by atoms with Crippen molar-refractivity contribution in [3.63, 3.8) is 0 Å². The highest BCUT2D eigenvalue weighted by molar-refractivity contribution is 5.44. The maximum atomic E-state index is 8.54. The molecule has 0 aromatic heterocycles. The Hall–Kier alpha value is -1.49. The summed E-state index contributed by atoms with van der Waals surface area (Å²) in [6, 6.07) is 8.08. The van der Waals surface area contributed by atoms with E-state index in [0.717, 1.165) is 16.9 Å². The highest BCUT2D eigenvalue weighted by Gasteiger charge is 2.19. The van der Waals surface area contributed by atoms with Crippen molar-refractivity contribution in [1.29, 1.82) is 5.26 Å². The molecule has 0 heterocycles. The number of benzene rings is 1. The Morgan fingerprint density at radius 1 is 1.33 bits per heavy atom. The van der Waals surface area contributed by atoms with Crippen LogP contribution in [0, 0.1) is 18.3 Å². The predicted molar refractivity (Wildman–Crippen MR) is 61.0 cm³/mol. The molecular weight excluding hydrogens is 186 g/mol. The standard InChI is InChI=1S/C13H17NO/c1-10-6-5-7-11(13(2,3)4)12(10)15-9-8-14/h5-7H,9H2,1-4H3. The van der Waals surface area contributed by atoms with Crippen molar-refractivity contribution in [1.82, 2.24) is 0 Å². The van der Waals surface area contributed by atoms with Crippen LogP contribution in [0.25, 0.3) is 0 Å². The van der Waals surface area contributed by atoms with E-state index in [1.807, 2.05) is 25.1 Å². The molecule has 0 aliphatic heterocycles. The summed E-state index contributed by atoms with van der Waals surface area (Å²) in [5, 5.41) is 8.54. The molecule has 2 heteroatoms. The van der Waals surface area contributed by atoms with Gasteiger partial charge in [0.05, 0.1) is 0 Å². The second kappa shape index (κ2) is 4.35. The van der Waals surface area contributed by atoms with Crippen LogP contribution in [0.4, 0.5) is 0 Å². The number of hydrogen-bond donors (Lipinski definition) is 0. The molecule has 0 N–H and O–H groups in total. The van der Waals surface area contributed by atoms with Crippen LogP contribution in [0.3, 0.4) is 0 Å². The molecule has 1 rings (SSSR count). The van der Waals surface area contributed by atoms with Gasteiger partial charge in [0.2, 0.25) is 0 Å². The van der Waals surface area contributed by atoms with Crippen molar-refractivity contribution < 1.29 is 4.74 Å². The molecule has 0 atom stereocenters. The molecule has 0 spiro atoms. The van der Waals surface area contributed by atoms with Crippen molar-refractivity contribution in [2.24, 2.45) is 0 Å². The Kier molecular flexibility index (Phi) is 3.36. The van der Waals surface area contributed by atoms with Gasteiger partial charge in [-0.25, -0.2) is 0 Å². The first kappa shape index (κ1) is 11.6. The summed E-state index contributed by atoms with van der Waals surface area (Å²) >= 11 is 0. The zero-order valence-electron chi connectivity index (χ0n) is 9.79. The van der Waals surface area contributed by atoms with Crippen LogP contribution < -0.4 is 4.74 Å². The lowest BCUT2D eigenvalue weighted by atomic mass is 9.85. The maximum absolute atomic E-state index is 8.54. The number of para-hydroxylation sites is 1. The molecule has 0 aliphatic carbocycles. The summed E-state index contributed by atoms with van der Waals surface area (Å²) in [4.78, 5) is 0. The number of ether oxygens (including phenoxy) is 1. The SMILES string of the molecule is Cc1cccc(C(C)(C)C)c1OCC#N. The van der Waals surface area contributed by atoms with Crippen molar-refractivity contribution in [2.45, 2.75) is 33.1 Å². The normalized spacial score (nSPS) is 10.9. The summed E-state index contributed by atoms with van der Waals surface area (Å²) in [5.74, 6) is 0.853. The number of nitrogens with zero attached hydrogens (tertiary/aromatic N) is 1. The molecule has 0 saturated heterocycles. The van der Waals surface area contributed by atoms with Crippen molar-refractivity contribution in [2.75, 3.05) is 6.61 Å². The van der Waals surface area contributed by atoms with E-state index in [2.05, 4.69) is 26.8 Å². The molecule has 2 nitrogen and oxygen atoms in total. The summed E-state index contributed by atoms with van der Waals surface area (Å²) < 4.78 is 5.48. The Morgan fingerprint density at radius 3 is 2.53 bits per heavy atom.